The molecule has 1 aliphatic carbocycles. The van der Waals surface area contributed by atoms with Crippen molar-refractivity contribution in [2.75, 3.05) is 0 Å². The van der Waals surface area contributed by atoms with Crippen LogP contribution in [-0.2, 0) is 13.0 Å². The summed E-state index contributed by atoms with van der Waals surface area (Å²) < 4.78 is 0. The molecule has 0 atom stereocenters. The zero-order chi connectivity index (χ0) is 8.69. The third-order valence-corrected chi connectivity index (χ3v) is 1.72. The van der Waals surface area contributed by atoms with Gasteiger partial charge in [0.05, 0.1) is 6.04 Å². The molecular formula is C6H14Cl3NZn. The van der Waals surface area contributed by atoms with E-state index >= 15 is 0 Å². The minimum atomic E-state index is -2.21. The van der Waals surface area contributed by atoms with Crippen molar-refractivity contribution in [2.45, 2.75) is 38.1 Å². The Hall–Kier alpha value is 1.45. The van der Waals surface area contributed by atoms with Crippen molar-refractivity contribution < 1.29 is 18.7 Å². The van der Waals surface area contributed by atoms with Crippen LogP contribution in [0.25, 0.3) is 0 Å². The maximum Gasteiger partial charge on any atom is 0.0843 e. The van der Waals surface area contributed by atoms with Crippen LogP contribution in [0, 0.1) is 0 Å². The van der Waals surface area contributed by atoms with Crippen LogP contribution in [0.15, 0.2) is 0 Å². The summed E-state index contributed by atoms with van der Waals surface area (Å²) >= 11 is -2.21. The molecule has 0 spiro atoms. The molecule has 1 aliphatic rings. The first-order valence-electron chi connectivity index (χ1n) is 4.03. The molecule has 0 unspecified atom stereocenters. The van der Waals surface area contributed by atoms with Crippen LogP contribution in [-0.4, -0.2) is 6.04 Å². The molecule has 3 N–H and O–H groups in total. The molecule has 1 saturated carbocycles. The van der Waals surface area contributed by atoms with Gasteiger partial charge < -0.3 is 5.73 Å². The van der Waals surface area contributed by atoms with Crippen molar-refractivity contribution in [3.63, 3.8) is 0 Å². The van der Waals surface area contributed by atoms with Crippen molar-refractivity contribution in [1.29, 1.82) is 0 Å². The Bertz CT molecular complexity index is 83.1. The summed E-state index contributed by atoms with van der Waals surface area (Å²) in [7, 11) is 15.0. The second-order valence-corrected chi connectivity index (χ2v) is 16.7. The molecule has 0 aromatic rings. The summed E-state index contributed by atoms with van der Waals surface area (Å²) in [6.45, 7) is 0. The van der Waals surface area contributed by atoms with Crippen LogP contribution < -0.4 is 5.73 Å². The molecule has 0 saturated heterocycles. The second-order valence-electron chi connectivity index (χ2n) is 2.81. The Morgan fingerprint density at radius 1 is 1.00 bits per heavy atom. The fourth-order valence-electron chi connectivity index (χ4n) is 1.19. The minimum Gasteiger partial charge on any atom is -0.355 e. The number of hydrogen-bond acceptors (Lipinski definition) is 0. The summed E-state index contributed by atoms with van der Waals surface area (Å²) in [6, 6.07) is 0.786. The fraction of sp³-hybridized carbons (Fsp3) is 1.00. The van der Waals surface area contributed by atoms with Gasteiger partial charge in [-0.05, 0) is 25.7 Å². The van der Waals surface area contributed by atoms with E-state index in [-0.39, 0.29) is 0 Å². The van der Waals surface area contributed by atoms with Crippen molar-refractivity contribution >= 4 is 29.1 Å². The zero-order valence-electron chi connectivity index (χ0n) is 6.66. The molecule has 1 rings (SSSR count). The smallest absolute Gasteiger partial charge is 0.0843 e. The van der Waals surface area contributed by atoms with E-state index in [4.69, 9.17) is 29.1 Å². The van der Waals surface area contributed by atoms with Gasteiger partial charge in [-0.3, -0.25) is 0 Å². The molecule has 1 nitrogen and oxygen atoms in total. The Labute approximate surface area is 85.6 Å². The Kier molecular flexibility index (Phi) is 9.14. The third kappa shape index (κ3) is 11.5. The van der Waals surface area contributed by atoms with Gasteiger partial charge in [0.1, 0.15) is 0 Å². The first kappa shape index (κ1) is 12.5. The van der Waals surface area contributed by atoms with Crippen LogP contribution >= 0.6 is 29.1 Å². The molecule has 0 aromatic carbocycles. The molecule has 0 heterocycles. The summed E-state index contributed by atoms with van der Waals surface area (Å²) in [4.78, 5) is 0. The topological polar surface area (TPSA) is 27.6 Å². The van der Waals surface area contributed by atoms with Crippen LogP contribution in [0.4, 0.5) is 0 Å². The molecular weight excluding hydrogens is 258 g/mol. The largest absolute Gasteiger partial charge is 0.355 e. The van der Waals surface area contributed by atoms with E-state index in [9.17, 15) is 0 Å². The monoisotopic (exact) mass is 269 g/mol. The molecule has 0 radical (unpaired) electrons. The quantitative estimate of drug-likeness (QED) is 0.656. The SMILES string of the molecule is [Cl][Zn-]([Cl])[Cl].[NH3+]C1CCCCC1. The van der Waals surface area contributed by atoms with Crippen LogP contribution in [0.3, 0.4) is 0 Å². The molecule has 0 bridgehead atoms. The van der Waals surface area contributed by atoms with Gasteiger partial charge >= 0.3 is 42.1 Å². The van der Waals surface area contributed by atoms with E-state index in [1.807, 2.05) is 0 Å². The normalized spacial score (nSPS) is 18.5. The van der Waals surface area contributed by atoms with Crippen LogP contribution in [0.2, 0.25) is 0 Å². The third-order valence-electron chi connectivity index (χ3n) is 1.72. The fourth-order valence-corrected chi connectivity index (χ4v) is 1.19. The molecule has 5 heteroatoms. The van der Waals surface area contributed by atoms with E-state index in [0.29, 0.717) is 0 Å². The van der Waals surface area contributed by atoms with Gasteiger partial charge in [0.15, 0.2) is 0 Å². The molecule has 0 amide bonds. The van der Waals surface area contributed by atoms with E-state index in [1.165, 1.54) is 32.1 Å². The van der Waals surface area contributed by atoms with Gasteiger partial charge in [-0.2, -0.15) is 0 Å². The summed E-state index contributed by atoms with van der Waals surface area (Å²) in [5, 5.41) is 0. The Morgan fingerprint density at radius 3 is 1.55 bits per heavy atom. The molecule has 1 fully saturated rings. The number of hydrogen-bond donors (Lipinski definition) is 1. The maximum atomic E-state index is 5.01. The van der Waals surface area contributed by atoms with Crippen molar-refractivity contribution in [2.24, 2.45) is 0 Å². The predicted molar refractivity (Wildman–Crippen MR) is 47.3 cm³/mol. The van der Waals surface area contributed by atoms with Crippen LogP contribution in [0.5, 0.6) is 0 Å². The van der Waals surface area contributed by atoms with Gasteiger partial charge in [-0.25, -0.2) is 0 Å². The number of rotatable bonds is 0. The molecule has 11 heavy (non-hydrogen) atoms. The van der Waals surface area contributed by atoms with Gasteiger partial charge in [0, 0.05) is 0 Å². The molecule has 66 valence electrons. The summed E-state index contributed by atoms with van der Waals surface area (Å²) in [5.41, 5.74) is 4.00. The Morgan fingerprint density at radius 2 is 1.36 bits per heavy atom. The zero-order valence-corrected chi connectivity index (χ0v) is 11.9. The van der Waals surface area contributed by atoms with Gasteiger partial charge in [0.2, 0.25) is 0 Å². The number of quaternary nitrogens is 1. The van der Waals surface area contributed by atoms with Crippen molar-refractivity contribution in [1.82, 2.24) is 0 Å². The minimum absolute atomic E-state index is 0.786. The second kappa shape index (κ2) is 8.07. The van der Waals surface area contributed by atoms with Crippen molar-refractivity contribution in [3.05, 3.63) is 0 Å². The van der Waals surface area contributed by atoms with E-state index in [1.54, 1.807) is 0 Å². The Balaban J connectivity index is 0.000000218. The average molecular weight is 272 g/mol. The van der Waals surface area contributed by atoms with Crippen molar-refractivity contribution in [3.8, 4) is 0 Å². The maximum absolute atomic E-state index is 5.01. The summed E-state index contributed by atoms with van der Waals surface area (Å²) in [5.74, 6) is 0. The predicted octanol–water partition coefficient (Wildman–Crippen LogP) is 2.63. The van der Waals surface area contributed by atoms with E-state index in [2.05, 4.69) is 5.73 Å². The first-order valence-corrected chi connectivity index (χ1v) is 15.7. The van der Waals surface area contributed by atoms with Gasteiger partial charge in [0.25, 0.3) is 0 Å². The van der Waals surface area contributed by atoms with Gasteiger partial charge in [-0.15, -0.1) is 0 Å². The van der Waals surface area contributed by atoms with E-state index < -0.39 is 13.0 Å². The average Bonchev–Trinajstić information content (AvgIpc) is 1.87. The van der Waals surface area contributed by atoms with Gasteiger partial charge in [-0.1, -0.05) is 6.42 Å². The summed E-state index contributed by atoms with van der Waals surface area (Å²) in [6.07, 6.45) is 7.05. The standard InChI is InChI=1S/C6H13N.3ClH.Zn/c7-6-4-2-1-3-5-6;;;;/h6H,1-5,7H2;3*1H;/q;;;;+2/p-2. The molecule has 0 aromatic heterocycles. The number of halogens is 3. The molecule has 0 aliphatic heterocycles. The van der Waals surface area contributed by atoms with Crippen LogP contribution in [0.1, 0.15) is 32.1 Å². The first-order chi connectivity index (χ1) is 5.13. The van der Waals surface area contributed by atoms with E-state index in [0.717, 1.165) is 6.04 Å².